The summed E-state index contributed by atoms with van der Waals surface area (Å²) >= 11 is 0. The number of amides is 2. The molecule has 3 N–H and O–H groups in total. The number of nitrogens with one attached hydrogen (secondary N) is 2. The van der Waals surface area contributed by atoms with Gasteiger partial charge in [0, 0.05) is 11.8 Å². The molecule has 124 valence electrons. The highest BCUT2D eigenvalue weighted by molar-refractivity contribution is 5.88. The van der Waals surface area contributed by atoms with E-state index >= 15 is 0 Å². The van der Waals surface area contributed by atoms with E-state index in [1.54, 1.807) is 29.8 Å². The zero-order valence-corrected chi connectivity index (χ0v) is 13.4. The Morgan fingerprint density at radius 1 is 1.43 bits per heavy atom. The van der Waals surface area contributed by atoms with Gasteiger partial charge >= 0.3 is 6.03 Å². The highest BCUT2D eigenvalue weighted by Gasteiger charge is 2.23. The zero-order valence-electron chi connectivity index (χ0n) is 13.4. The maximum atomic E-state index is 13.3. The van der Waals surface area contributed by atoms with E-state index in [9.17, 15) is 14.3 Å². The second kappa shape index (κ2) is 6.78. The molecule has 1 aromatic carbocycles. The third kappa shape index (κ3) is 4.07. The first-order valence-corrected chi connectivity index (χ1v) is 7.39. The molecular formula is C16H21FN4O2. The number of carbonyl (C=O) groups is 1. The topological polar surface area (TPSA) is 79.2 Å². The molecule has 7 heteroatoms. The standard InChI is InChI=1S/C16H21FN4O2/c1-4-16(3,10-22)19-15(23)18-14-8-11(2)21(20-14)13-7-5-6-12(17)9-13/h5-9,22H,4,10H2,1-3H3,(H2,18,19,20,23). The average molecular weight is 320 g/mol. The van der Waals surface area contributed by atoms with Crippen LogP contribution in [0.3, 0.4) is 0 Å². The molecule has 0 aliphatic heterocycles. The summed E-state index contributed by atoms with van der Waals surface area (Å²) in [7, 11) is 0. The first-order valence-electron chi connectivity index (χ1n) is 7.39. The van der Waals surface area contributed by atoms with E-state index in [-0.39, 0.29) is 12.4 Å². The van der Waals surface area contributed by atoms with E-state index in [2.05, 4.69) is 15.7 Å². The van der Waals surface area contributed by atoms with Gasteiger partial charge in [-0.3, -0.25) is 5.32 Å². The smallest absolute Gasteiger partial charge is 0.320 e. The molecule has 2 rings (SSSR count). The first-order chi connectivity index (χ1) is 10.9. The summed E-state index contributed by atoms with van der Waals surface area (Å²) in [6.45, 7) is 5.28. The van der Waals surface area contributed by atoms with Crippen molar-refractivity contribution >= 4 is 11.8 Å². The van der Waals surface area contributed by atoms with Gasteiger partial charge in [-0.2, -0.15) is 0 Å². The van der Waals surface area contributed by atoms with E-state index in [1.807, 2.05) is 13.8 Å². The lowest BCUT2D eigenvalue weighted by molar-refractivity contribution is 0.172. The van der Waals surface area contributed by atoms with Crippen LogP contribution in [0.15, 0.2) is 30.3 Å². The Hall–Kier alpha value is -2.41. The van der Waals surface area contributed by atoms with Crippen molar-refractivity contribution in [3.63, 3.8) is 0 Å². The summed E-state index contributed by atoms with van der Waals surface area (Å²) in [6.07, 6.45) is 0.591. The Balaban J connectivity index is 2.14. The third-order valence-corrected chi connectivity index (χ3v) is 3.73. The molecule has 2 aromatic rings. The molecule has 0 saturated heterocycles. The van der Waals surface area contributed by atoms with Crippen molar-refractivity contribution in [2.45, 2.75) is 32.7 Å². The van der Waals surface area contributed by atoms with Crippen LogP contribution in [0.4, 0.5) is 15.0 Å². The van der Waals surface area contributed by atoms with Gasteiger partial charge in [0.1, 0.15) is 5.82 Å². The number of aromatic nitrogens is 2. The predicted molar refractivity (Wildman–Crippen MR) is 86.2 cm³/mol. The summed E-state index contributed by atoms with van der Waals surface area (Å²) in [4.78, 5) is 12.0. The van der Waals surface area contributed by atoms with Crippen LogP contribution >= 0.6 is 0 Å². The molecule has 0 aliphatic rings. The summed E-state index contributed by atoms with van der Waals surface area (Å²) in [5.41, 5.74) is 0.639. The highest BCUT2D eigenvalue weighted by atomic mass is 19.1. The Morgan fingerprint density at radius 3 is 2.78 bits per heavy atom. The van der Waals surface area contributed by atoms with Gasteiger partial charge in [-0.1, -0.05) is 13.0 Å². The van der Waals surface area contributed by atoms with Gasteiger partial charge in [0.05, 0.1) is 17.8 Å². The SMILES string of the molecule is CCC(C)(CO)NC(=O)Nc1cc(C)n(-c2cccc(F)c2)n1. The molecule has 0 fully saturated rings. The molecule has 2 amide bonds. The molecule has 6 nitrogen and oxygen atoms in total. The van der Waals surface area contributed by atoms with Gasteiger partial charge in [0.15, 0.2) is 5.82 Å². The number of rotatable bonds is 5. The number of hydrogen-bond acceptors (Lipinski definition) is 3. The van der Waals surface area contributed by atoms with Crippen molar-refractivity contribution in [2.24, 2.45) is 0 Å². The maximum absolute atomic E-state index is 13.3. The van der Waals surface area contributed by atoms with Crippen LogP contribution in [0.5, 0.6) is 0 Å². The average Bonchev–Trinajstić information content (AvgIpc) is 2.87. The van der Waals surface area contributed by atoms with Crippen LogP contribution in [0.1, 0.15) is 26.0 Å². The van der Waals surface area contributed by atoms with Crippen molar-refractivity contribution in [1.82, 2.24) is 15.1 Å². The lowest BCUT2D eigenvalue weighted by Gasteiger charge is -2.26. The van der Waals surface area contributed by atoms with Crippen LogP contribution in [0.25, 0.3) is 5.69 Å². The maximum Gasteiger partial charge on any atom is 0.320 e. The molecule has 0 aliphatic carbocycles. The van der Waals surface area contributed by atoms with E-state index < -0.39 is 11.6 Å². The number of aryl methyl sites for hydroxylation is 1. The zero-order chi connectivity index (χ0) is 17.0. The van der Waals surface area contributed by atoms with Gasteiger partial charge in [-0.15, -0.1) is 5.10 Å². The predicted octanol–water partition coefficient (Wildman–Crippen LogP) is 2.60. The summed E-state index contributed by atoms with van der Waals surface area (Å²) < 4.78 is 14.9. The molecule has 1 atom stereocenters. The number of nitrogens with zero attached hydrogens (tertiary/aromatic N) is 2. The minimum Gasteiger partial charge on any atom is -0.394 e. The first kappa shape index (κ1) is 17.0. The Bertz CT molecular complexity index is 695. The van der Waals surface area contributed by atoms with Crippen LogP contribution in [0, 0.1) is 12.7 Å². The van der Waals surface area contributed by atoms with Gasteiger partial charge in [-0.25, -0.2) is 13.9 Å². The number of halogens is 1. The molecule has 1 aromatic heterocycles. The quantitative estimate of drug-likeness (QED) is 0.792. The monoisotopic (exact) mass is 320 g/mol. The highest BCUT2D eigenvalue weighted by Crippen LogP contribution is 2.16. The second-order valence-electron chi connectivity index (χ2n) is 5.71. The summed E-state index contributed by atoms with van der Waals surface area (Å²) in [5.74, 6) is -0.00744. The number of aliphatic hydroxyl groups excluding tert-OH is 1. The van der Waals surface area contributed by atoms with Crippen LogP contribution in [-0.2, 0) is 0 Å². The molecule has 1 unspecified atom stereocenters. The van der Waals surface area contributed by atoms with Crippen molar-refractivity contribution in [3.8, 4) is 5.69 Å². The normalized spacial score (nSPS) is 13.4. The molecular weight excluding hydrogens is 299 g/mol. The lowest BCUT2D eigenvalue weighted by Crippen LogP contribution is -2.50. The number of benzene rings is 1. The summed E-state index contributed by atoms with van der Waals surface area (Å²) in [5, 5.41) is 18.9. The number of anilines is 1. The van der Waals surface area contributed by atoms with Crippen molar-refractivity contribution in [2.75, 3.05) is 11.9 Å². The molecule has 23 heavy (non-hydrogen) atoms. The molecule has 0 radical (unpaired) electrons. The minimum absolute atomic E-state index is 0.159. The Kier molecular flexibility index (Phi) is 5.00. The number of hydrogen-bond donors (Lipinski definition) is 3. The van der Waals surface area contributed by atoms with E-state index in [1.165, 1.54) is 12.1 Å². The Morgan fingerprint density at radius 2 is 2.17 bits per heavy atom. The number of carbonyl (C=O) groups excluding carboxylic acids is 1. The van der Waals surface area contributed by atoms with Crippen LogP contribution in [-0.4, -0.2) is 33.1 Å². The fourth-order valence-electron chi connectivity index (χ4n) is 2.07. The van der Waals surface area contributed by atoms with Gasteiger partial charge in [-0.05, 0) is 38.5 Å². The summed E-state index contributed by atoms with van der Waals surface area (Å²) in [6, 6.07) is 7.28. The van der Waals surface area contributed by atoms with Crippen LogP contribution in [0.2, 0.25) is 0 Å². The van der Waals surface area contributed by atoms with Gasteiger partial charge < -0.3 is 10.4 Å². The Labute approximate surface area is 134 Å². The van der Waals surface area contributed by atoms with Crippen molar-refractivity contribution in [1.29, 1.82) is 0 Å². The number of urea groups is 1. The molecule has 0 bridgehead atoms. The largest absolute Gasteiger partial charge is 0.394 e. The van der Waals surface area contributed by atoms with Crippen molar-refractivity contribution in [3.05, 3.63) is 41.8 Å². The van der Waals surface area contributed by atoms with Gasteiger partial charge in [0.2, 0.25) is 0 Å². The second-order valence-corrected chi connectivity index (χ2v) is 5.71. The number of aliphatic hydroxyl groups is 1. The lowest BCUT2D eigenvalue weighted by atomic mass is 10.0. The van der Waals surface area contributed by atoms with Crippen molar-refractivity contribution < 1.29 is 14.3 Å². The molecule has 0 saturated carbocycles. The van der Waals surface area contributed by atoms with E-state index in [0.29, 0.717) is 17.9 Å². The molecule has 0 spiro atoms. The van der Waals surface area contributed by atoms with E-state index in [4.69, 9.17) is 0 Å². The fourth-order valence-corrected chi connectivity index (χ4v) is 2.07. The minimum atomic E-state index is -0.690. The molecule has 1 heterocycles. The third-order valence-electron chi connectivity index (χ3n) is 3.73. The van der Waals surface area contributed by atoms with Gasteiger partial charge in [0.25, 0.3) is 0 Å². The fraction of sp³-hybridized carbons (Fsp3) is 0.375. The van der Waals surface area contributed by atoms with Crippen LogP contribution < -0.4 is 10.6 Å². The van der Waals surface area contributed by atoms with E-state index in [0.717, 1.165) is 5.69 Å².